The summed E-state index contributed by atoms with van der Waals surface area (Å²) in [6, 6.07) is 13.4. The predicted octanol–water partition coefficient (Wildman–Crippen LogP) is 5.38. The summed E-state index contributed by atoms with van der Waals surface area (Å²) in [5.41, 5.74) is 1.49. The number of benzene rings is 2. The van der Waals surface area contributed by atoms with Crippen molar-refractivity contribution in [2.75, 3.05) is 0 Å². The third-order valence-electron chi connectivity index (χ3n) is 4.34. The highest BCUT2D eigenvalue weighted by Crippen LogP contribution is 2.22. The fourth-order valence-corrected chi connectivity index (χ4v) is 2.90. The standard InChI is InChI=1S/C21H23Cl2NO4/c1-3-14(2)19(24-21(26)28-12-15-7-5-4-6-8-15)20(25)27-13-16-9-10-17(22)11-18(16)23/h4-11,14,19H,3,12-13H2,1-2H3,(H,24,26)/t14-,19-/m0/s1. The fraction of sp³-hybridized carbons (Fsp3) is 0.333. The lowest BCUT2D eigenvalue weighted by molar-refractivity contribution is -0.148. The zero-order valence-corrected chi connectivity index (χ0v) is 17.3. The van der Waals surface area contributed by atoms with Crippen molar-refractivity contribution >= 4 is 35.3 Å². The van der Waals surface area contributed by atoms with Crippen molar-refractivity contribution in [3.8, 4) is 0 Å². The highest BCUT2D eigenvalue weighted by Gasteiger charge is 2.28. The first-order valence-electron chi connectivity index (χ1n) is 8.98. The summed E-state index contributed by atoms with van der Waals surface area (Å²) in [6.07, 6.45) is 0.0103. The average Bonchev–Trinajstić information content (AvgIpc) is 2.69. The van der Waals surface area contributed by atoms with Crippen molar-refractivity contribution < 1.29 is 19.1 Å². The first-order chi connectivity index (χ1) is 13.4. The second-order valence-electron chi connectivity index (χ2n) is 6.41. The quantitative estimate of drug-likeness (QED) is 0.578. The molecule has 0 saturated carbocycles. The van der Waals surface area contributed by atoms with Crippen LogP contribution in [0.1, 0.15) is 31.4 Å². The summed E-state index contributed by atoms with van der Waals surface area (Å²) in [6.45, 7) is 3.90. The van der Waals surface area contributed by atoms with Crippen LogP contribution in [0.15, 0.2) is 48.5 Å². The van der Waals surface area contributed by atoms with Crippen molar-refractivity contribution in [1.29, 1.82) is 0 Å². The minimum absolute atomic E-state index is 0.0114. The molecular weight excluding hydrogens is 401 g/mol. The van der Waals surface area contributed by atoms with Crippen molar-refractivity contribution in [2.45, 2.75) is 39.5 Å². The van der Waals surface area contributed by atoms with Gasteiger partial charge >= 0.3 is 12.1 Å². The zero-order chi connectivity index (χ0) is 20.5. The minimum atomic E-state index is -0.820. The molecule has 0 bridgehead atoms. The van der Waals surface area contributed by atoms with Crippen molar-refractivity contribution in [3.63, 3.8) is 0 Å². The Morgan fingerprint density at radius 2 is 1.75 bits per heavy atom. The molecule has 2 atom stereocenters. The van der Waals surface area contributed by atoms with E-state index in [4.69, 9.17) is 32.7 Å². The van der Waals surface area contributed by atoms with Crippen LogP contribution in [0.3, 0.4) is 0 Å². The smallest absolute Gasteiger partial charge is 0.408 e. The molecule has 1 amide bonds. The van der Waals surface area contributed by atoms with Crippen LogP contribution in [0.4, 0.5) is 4.79 Å². The van der Waals surface area contributed by atoms with Crippen LogP contribution in [-0.4, -0.2) is 18.1 Å². The van der Waals surface area contributed by atoms with Crippen LogP contribution in [0.5, 0.6) is 0 Å². The van der Waals surface area contributed by atoms with E-state index in [9.17, 15) is 9.59 Å². The molecule has 5 nitrogen and oxygen atoms in total. The Balaban J connectivity index is 1.93. The summed E-state index contributed by atoms with van der Waals surface area (Å²) >= 11 is 12.0. The largest absolute Gasteiger partial charge is 0.459 e. The van der Waals surface area contributed by atoms with Gasteiger partial charge in [0.15, 0.2) is 0 Å². The topological polar surface area (TPSA) is 64.6 Å². The molecule has 0 radical (unpaired) electrons. The third-order valence-corrected chi connectivity index (χ3v) is 4.93. The van der Waals surface area contributed by atoms with Crippen molar-refractivity contribution in [3.05, 3.63) is 69.7 Å². The van der Waals surface area contributed by atoms with Crippen LogP contribution >= 0.6 is 23.2 Å². The first kappa shape index (κ1) is 22.1. The molecule has 0 aliphatic carbocycles. The predicted molar refractivity (Wildman–Crippen MR) is 109 cm³/mol. The number of nitrogens with one attached hydrogen (secondary N) is 1. The Morgan fingerprint density at radius 1 is 1.04 bits per heavy atom. The Hall–Kier alpha value is -2.24. The van der Waals surface area contributed by atoms with Gasteiger partial charge in [-0.05, 0) is 23.6 Å². The van der Waals surface area contributed by atoms with E-state index in [1.165, 1.54) is 0 Å². The van der Waals surface area contributed by atoms with Gasteiger partial charge in [-0.25, -0.2) is 9.59 Å². The molecule has 28 heavy (non-hydrogen) atoms. The lowest BCUT2D eigenvalue weighted by Gasteiger charge is -2.22. The van der Waals surface area contributed by atoms with Crippen LogP contribution in [0.2, 0.25) is 10.0 Å². The number of rotatable bonds is 8. The summed E-state index contributed by atoms with van der Waals surface area (Å²) in [7, 11) is 0. The van der Waals surface area contributed by atoms with Crippen LogP contribution in [0.25, 0.3) is 0 Å². The van der Waals surface area contributed by atoms with Crippen molar-refractivity contribution in [2.24, 2.45) is 5.92 Å². The van der Waals surface area contributed by atoms with Gasteiger partial charge in [-0.2, -0.15) is 0 Å². The normalized spacial score (nSPS) is 12.7. The van der Waals surface area contributed by atoms with Crippen LogP contribution in [0, 0.1) is 5.92 Å². The molecule has 7 heteroatoms. The molecule has 150 valence electrons. The third kappa shape index (κ3) is 6.73. The fourth-order valence-electron chi connectivity index (χ4n) is 2.44. The van der Waals surface area contributed by atoms with Gasteiger partial charge in [0.1, 0.15) is 19.3 Å². The Kier molecular flexibility index (Phi) is 8.61. The second kappa shape index (κ2) is 10.9. The molecule has 0 fully saturated rings. The van der Waals surface area contributed by atoms with E-state index in [0.29, 0.717) is 22.0 Å². The molecule has 0 aliphatic rings. The van der Waals surface area contributed by atoms with E-state index in [1.54, 1.807) is 18.2 Å². The van der Waals surface area contributed by atoms with E-state index in [1.807, 2.05) is 44.2 Å². The minimum Gasteiger partial charge on any atom is -0.459 e. The maximum Gasteiger partial charge on any atom is 0.408 e. The SMILES string of the molecule is CC[C@H](C)[C@H](NC(=O)OCc1ccccc1)C(=O)OCc1ccc(Cl)cc1Cl. The summed E-state index contributed by atoms with van der Waals surface area (Å²) < 4.78 is 10.6. The van der Waals surface area contributed by atoms with Gasteiger partial charge in [-0.15, -0.1) is 0 Å². The van der Waals surface area contributed by atoms with Gasteiger partial charge in [-0.1, -0.05) is 79.9 Å². The molecule has 2 rings (SSSR count). The van der Waals surface area contributed by atoms with Gasteiger partial charge < -0.3 is 14.8 Å². The number of alkyl carbamates (subject to hydrolysis) is 1. The van der Waals surface area contributed by atoms with Gasteiger partial charge in [0, 0.05) is 15.6 Å². The molecule has 0 aliphatic heterocycles. The van der Waals surface area contributed by atoms with E-state index in [0.717, 1.165) is 5.56 Å². The molecule has 2 aromatic rings. The molecule has 2 aromatic carbocycles. The molecule has 0 unspecified atom stereocenters. The number of hydrogen-bond donors (Lipinski definition) is 1. The second-order valence-corrected chi connectivity index (χ2v) is 7.26. The zero-order valence-electron chi connectivity index (χ0n) is 15.8. The average molecular weight is 424 g/mol. The van der Waals surface area contributed by atoms with Crippen LogP contribution < -0.4 is 5.32 Å². The molecular formula is C21H23Cl2NO4. The number of carbonyl (C=O) groups is 2. The Labute approximate surface area is 174 Å². The van der Waals surface area contributed by atoms with Gasteiger partial charge in [-0.3, -0.25) is 0 Å². The lowest BCUT2D eigenvalue weighted by Crippen LogP contribution is -2.46. The van der Waals surface area contributed by atoms with Crippen LogP contribution in [-0.2, 0) is 27.5 Å². The van der Waals surface area contributed by atoms with E-state index in [-0.39, 0.29) is 19.1 Å². The Bertz CT molecular complexity index is 798. The number of hydrogen-bond acceptors (Lipinski definition) is 4. The molecule has 0 spiro atoms. The van der Waals surface area contributed by atoms with Crippen molar-refractivity contribution in [1.82, 2.24) is 5.32 Å². The van der Waals surface area contributed by atoms with E-state index >= 15 is 0 Å². The molecule has 0 saturated heterocycles. The maximum atomic E-state index is 12.5. The number of amides is 1. The molecule has 1 N–H and O–H groups in total. The number of halogens is 2. The first-order valence-corrected chi connectivity index (χ1v) is 9.74. The summed E-state index contributed by atoms with van der Waals surface area (Å²) in [4.78, 5) is 24.7. The monoisotopic (exact) mass is 423 g/mol. The summed E-state index contributed by atoms with van der Waals surface area (Å²) in [5, 5.41) is 3.52. The molecule has 0 aromatic heterocycles. The Morgan fingerprint density at radius 3 is 2.39 bits per heavy atom. The number of esters is 1. The number of carbonyl (C=O) groups excluding carboxylic acids is 2. The molecule has 0 heterocycles. The van der Waals surface area contributed by atoms with Gasteiger partial charge in [0.25, 0.3) is 0 Å². The highest BCUT2D eigenvalue weighted by molar-refractivity contribution is 6.35. The van der Waals surface area contributed by atoms with E-state index < -0.39 is 18.1 Å². The summed E-state index contributed by atoms with van der Waals surface area (Å²) in [5.74, 6) is -0.672. The maximum absolute atomic E-state index is 12.5. The highest BCUT2D eigenvalue weighted by atomic mass is 35.5. The van der Waals surface area contributed by atoms with Gasteiger partial charge in [0.2, 0.25) is 0 Å². The van der Waals surface area contributed by atoms with E-state index in [2.05, 4.69) is 5.32 Å². The number of ether oxygens (including phenoxy) is 2. The lowest BCUT2D eigenvalue weighted by atomic mass is 9.99. The van der Waals surface area contributed by atoms with Gasteiger partial charge in [0.05, 0.1) is 0 Å².